The normalized spacial score (nSPS) is 11.3. The molecule has 0 fully saturated rings. The highest BCUT2D eigenvalue weighted by atomic mass is 15.1. The van der Waals surface area contributed by atoms with Gasteiger partial charge in [-0.05, 0) is 37.4 Å². The molecule has 0 N–H and O–H groups in total. The monoisotopic (exact) mass is 310 g/mol. The minimum Gasteiger partial charge on any atom is -0.378 e. The summed E-state index contributed by atoms with van der Waals surface area (Å²) < 4.78 is 2.24. The largest absolute Gasteiger partial charge is 0.378 e. The summed E-state index contributed by atoms with van der Waals surface area (Å²) in [5.41, 5.74) is 3.67. The van der Waals surface area contributed by atoms with Gasteiger partial charge in [-0.25, -0.2) is 4.57 Å². The van der Waals surface area contributed by atoms with E-state index in [1.54, 1.807) is 0 Å². The number of pyridine rings is 1. The van der Waals surface area contributed by atoms with Crippen molar-refractivity contribution in [2.75, 3.05) is 39.6 Å². The van der Waals surface area contributed by atoms with Crippen molar-refractivity contribution in [2.24, 2.45) is 0 Å². The van der Waals surface area contributed by atoms with Crippen molar-refractivity contribution in [3.8, 4) is 0 Å². The van der Waals surface area contributed by atoms with Gasteiger partial charge >= 0.3 is 0 Å². The SMILES string of the molecule is CN(C)CCC[n+]1ccc(C=Cc2ccc(N(C)C)cc2)cc1. The highest BCUT2D eigenvalue weighted by Crippen LogP contribution is 2.14. The summed E-state index contributed by atoms with van der Waals surface area (Å²) in [7, 11) is 8.35. The molecule has 0 aliphatic carbocycles. The number of anilines is 1. The van der Waals surface area contributed by atoms with Gasteiger partial charge in [0.1, 0.15) is 6.54 Å². The molecule has 1 aromatic heterocycles. The lowest BCUT2D eigenvalue weighted by molar-refractivity contribution is -0.697. The van der Waals surface area contributed by atoms with Gasteiger partial charge in [-0.2, -0.15) is 0 Å². The molecule has 1 aromatic carbocycles. The molecule has 2 rings (SSSR count). The van der Waals surface area contributed by atoms with Crippen LogP contribution in [0, 0.1) is 0 Å². The maximum atomic E-state index is 2.24. The van der Waals surface area contributed by atoms with E-state index in [0.29, 0.717) is 0 Å². The zero-order chi connectivity index (χ0) is 16.7. The standard InChI is InChI=1S/C20H28N3/c1-21(2)14-5-15-23-16-12-19(13-17-23)7-6-18-8-10-20(11-9-18)22(3)4/h6-13,16-17H,5,14-15H2,1-4H3/q+1. The van der Waals surface area contributed by atoms with Gasteiger partial charge in [-0.3, -0.25) is 0 Å². The molecule has 0 aliphatic heterocycles. The van der Waals surface area contributed by atoms with E-state index >= 15 is 0 Å². The Morgan fingerprint density at radius 3 is 1.91 bits per heavy atom. The minimum absolute atomic E-state index is 1.06. The molecule has 2 aromatic rings. The number of aromatic nitrogens is 1. The maximum Gasteiger partial charge on any atom is 0.169 e. The van der Waals surface area contributed by atoms with Crippen LogP contribution in [-0.2, 0) is 6.54 Å². The predicted molar refractivity (Wildman–Crippen MR) is 99.5 cm³/mol. The number of nitrogens with zero attached hydrogens (tertiary/aromatic N) is 3. The summed E-state index contributed by atoms with van der Waals surface area (Å²) >= 11 is 0. The predicted octanol–water partition coefficient (Wildman–Crippen LogP) is 3.16. The molecule has 3 nitrogen and oxygen atoms in total. The summed E-state index contributed by atoms with van der Waals surface area (Å²) in [5, 5.41) is 0. The van der Waals surface area contributed by atoms with Crippen LogP contribution in [0.3, 0.4) is 0 Å². The van der Waals surface area contributed by atoms with E-state index in [9.17, 15) is 0 Å². The highest BCUT2D eigenvalue weighted by Gasteiger charge is 2.00. The van der Waals surface area contributed by atoms with E-state index in [1.807, 2.05) is 0 Å². The van der Waals surface area contributed by atoms with Crippen molar-refractivity contribution >= 4 is 17.8 Å². The van der Waals surface area contributed by atoms with E-state index < -0.39 is 0 Å². The summed E-state index contributed by atoms with van der Waals surface area (Å²) in [6.45, 7) is 2.19. The van der Waals surface area contributed by atoms with Gasteiger partial charge < -0.3 is 9.80 Å². The van der Waals surface area contributed by atoms with Gasteiger partial charge in [0.15, 0.2) is 12.4 Å². The van der Waals surface area contributed by atoms with Gasteiger partial charge in [-0.1, -0.05) is 24.3 Å². The third-order valence-electron chi connectivity index (χ3n) is 3.82. The summed E-state index contributed by atoms with van der Waals surface area (Å²) in [6.07, 6.45) is 9.81. The van der Waals surface area contributed by atoms with E-state index in [-0.39, 0.29) is 0 Å². The van der Waals surface area contributed by atoms with Gasteiger partial charge in [0.25, 0.3) is 0 Å². The van der Waals surface area contributed by atoms with Crippen molar-refractivity contribution in [2.45, 2.75) is 13.0 Å². The van der Waals surface area contributed by atoms with E-state index in [1.165, 1.54) is 23.2 Å². The fourth-order valence-corrected chi connectivity index (χ4v) is 2.37. The van der Waals surface area contributed by atoms with E-state index in [0.717, 1.165) is 13.1 Å². The Hall–Kier alpha value is -2.13. The number of rotatable bonds is 7. The maximum absolute atomic E-state index is 2.24. The second-order valence-electron chi connectivity index (χ2n) is 6.35. The second-order valence-corrected chi connectivity index (χ2v) is 6.35. The molecule has 122 valence electrons. The molecule has 0 saturated heterocycles. The minimum atomic E-state index is 1.06. The average Bonchev–Trinajstić information content (AvgIpc) is 2.54. The Morgan fingerprint density at radius 1 is 0.826 bits per heavy atom. The third kappa shape index (κ3) is 5.87. The van der Waals surface area contributed by atoms with E-state index in [4.69, 9.17) is 0 Å². The lowest BCUT2D eigenvalue weighted by atomic mass is 10.1. The van der Waals surface area contributed by atoms with Crippen LogP contribution >= 0.6 is 0 Å². The Morgan fingerprint density at radius 2 is 1.39 bits per heavy atom. The first-order chi connectivity index (χ1) is 11.0. The number of aryl methyl sites for hydroxylation is 1. The zero-order valence-corrected chi connectivity index (χ0v) is 14.7. The Kier molecular flexibility index (Phi) is 6.36. The average molecular weight is 310 g/mol. The molecule has 0 spiro atoms. The van der Waals surface area contributed by atoms with Crippen molar-refractivity contribution < 1.29 is 4.57 Å². The molecule has 0 amide bonds. The van der Waals surface area contributed by atoms with Crippen molar-refractivity contribution in [3.63, 3.8) is 0 Å². The van der Waals surface area contributed by atoms with Crippen molar-refractivity contribution in [1.82, 2.24) is 4.90 Å². The van der Waals surface area contributed by atoms with Crippen molar-refractivity contribution in [1.29, 1.82) is 0 Å². The molecule has 0 bridgehead atoms. The van der Waals surface area contributed by atoms with Crippen LogP contribution in [-0.4, -0.2) is 39.6 Å². The van der Waals surface area contributed by atoms with Crippen molar-refractivity contribution in [3.05, 3.63) is 59.9 Å². The van der Waals surface area contributed by atoms with Crippen LogP contribution in [0.25, 0.3) is 12.2 Å². The van der Waals surface area contributed by atoms with Gasteiger partial charge in [0.05, 0.1) is 0 Å². The Labute approximate surface area is 140 Å². The summed E-state index contributed by atoms with van der Waals surface area (Å²) in [4.78, 5) is 4.33. The zero-order valence-electron chi connectivity index (χ0n) is 14.7. The molecular formula is C20H28N3+. The first-order valence-corrected chi connectivity index (χ1v) is 8.14. The van der Waals surface area contributed by atoms with Crippen LogP contribution in [0.4, 0.5) is 5.69 Å². The second kappa shape index (κ2) is 8.49. The number of benzene rings is 1. The Balaban J connectivity index is 1.92. The highest BCUT2D eigenvalue weighted by molar-refractivity contribution is 5.70. The first-order valence-electron chi connectivity index (χ1n) is 8.14. The van der Waals surface area contributed by atoms with Crippen LogP contribution in [0.15, 0.2) is 48.8 Å². The topological polar surface area (TPSA) is 10.4 Å². The smallest absolute Gasteiger partial charge is 0.169 e. The molecule has 0 radical (unpaired) electrons. The molecule has 0 aliphatic rings. The lowest BCUT2D eigenvalue weighted by Crippen LogP contribution is -2.34. The van der Waals surface area contributed by atoms with E-state index in [2.05, 4.69) is 104 Å². The molecule has 1 heterocycles. The van der Waals surface area contributed by atoms with Crippen LogP contribution in [0.5, 0.6) is 0 Å². The summed E-state index contributed by atoms with van der Waals surface area (Å²) in [5.74, 6) is 0. The molecule has 3 heteroatoms. The summed E-state index contributed by atoms with van der Waals surface area (Å²) in [6, 6.07) is 12.9. The number of hydrogen-bond donors (Lipinski definition) is 0. The molecule has 23 heavy (non-hydrogen) atoms. The molecule has 0 atom stereocenters. The molecular weight excluding hydrogens is 282 g/mol. The molecule has 0 saturated carbocycles. The number of hydrogen-bond acceptors (Lipinski definition) is 2. The van der Waals surface area contributed by atoms with Crippen LogP contribution in [0.1, 0.15) is 17.5 Å². The first kappa shape index (κ1) is 17.2. The van der Waals surface area contributed by atoms with Crippen LogP contribution in [0.2, 0.25) is 0 Å². The van der Waals surface area contributed by atoms with Gasteiger partial charge in [0, 0.05) is 44.9 Å². The fraction of sp³-hybridized carbons (Fsp3) is 0.350. The molecule has 0 unspecified atom stereocenters. The third-order valence-corrected chi connectivity index (χ3v) is 3.82. The Bertz CT molecular complexity index is 610. The van der Waals surface area contributed by atoms with Gasteiger partial charge in [-0.15, -0.1) is 0 Å². The lowest BCUT2D eigenvalue weighted by Gasteiger charge is -2.11. The quantitative estimate of drug-likeness (QED) is 0.727. The van der Waals surface area contributed by atoms with Crippen LogP contribution < -0.4 is 9.47 Å². The fourth-order valence-electron chi connectivity index (χ4n) is 2.37. The van der Waals surface area contributed by atoms with Gasteiger partial charge in [0.2, 0.25) is 0 Å².